The number of nitrogens with one attached hydrogen (secondary N) is 3. The zero-order valence-electron chi connectivity index (χ0n) is 26.8. The molecule has 232 valence electrons. The number of phenolic OH excluding ortho intramolecular Hbond substituents is 1. The summed E-state index contributed by atoms with van der Waals surface area (Å²) in [5, 5.41) is 31.7. The summed E-state index contributed by atoms with van der Waals surface area (Å²) < 4.78 is 31.7. The fraction of sp³-hybridized carbons (Fsp3) is 0.429. The van der Waals surface area contributed by atoms with Crippen molar-refractivity contribution in [1.82, 2.24) is 15.3 Å². The lowest BCUT2D eigenvalue weighted by Crippen LogP contribution is -2.64. The second kappa shape index (κ2) is 12.2. The molecule has 0 radical (unpaired) electrons. The SMILES string of the molecule is BC1(B)CC(c2cc(OC(C)C)c(Nc3ncc(Cl)c(Nc4ccccc4S(=O)(=O)C(B)(C)C)n3)c(O)c2C)CC(B)(O)N1. The third-order valence-corrected chi connectivity index (χ3v) is 10.4. The van der Waals surface area contributed by atoms with Crippen LogP contribution in [0.15, 0.2) is 41.4 Å². The van der Waals surface area contributed by atoms with Gasteiger partial charge in [0.2, 0.25) is 5.95 Å². The first-order valence-electron chi connectivity index (χ1n) is 14.7. The first kappa shape index (κ1) is 34.0. The van der Waals surface area contributed by atoms with Gasteiger partial charge in [-0.15, -0.1) is 0 Å². The number of halogens is 1. The standard InChI is InChI=1S/C28H40B4ClN5O5S/c1-14(2)43-20-10-17(16-11-27(30,31)38-28(32,40)12-16)15(3)23(39)22(20)36-25-34-13-18(33)24(37-25)35-19-8-6-7-9-21(19)44(41,42)26(4,5)29/h6-10,13-14,16,38-40H,11-12,29-32H2,1-5H3,(H2,34,35,36,37). The monoisotopic (exact) mass is 637 g/mol. The van der Waals surface area contributed by atoms with Crippen LogP contribution in [0.4, 0.5) is 23.1 Å². The Hall–Kier alpha value is -2.86. The molecule has 1 fully saturated rings. The van der Waals surface area contributed by atoms with Crippen molar-refractivity contribution in [1.29, 1.82) is 0 Å². The van der Waals surface area contributed by atoms with Crippen LogP contribution < -0.4 is 20.7 Å². The van der Waals surface area contributed by atoms with E-state index in [0.29, 0.717) is 23.4 Å². The van der Waals surface area contributed by atoms with E-state index in [9.17, 15) is 18.6 Å². The number of nitrogens with zero attached hydrogens (tertiary/aromatic N) is 2. The van der Waals surface area contributed by atoms with Crippen LogP contribution in [0, 0.1) is 6.92 Å². The van der Waals surface area contributed by atoms with Gasteiger partial charge in [-0.25, -0.2) is 13.4 Å². The van der Waals surface area contributed by atoms with Gasteiger partial charge >= 0.3 is 0 Å². The van der Waals surface area contributed by atoms with E-state index in [1.807, 2.05) is 42.5 Å². The van der Waals surface area contributed by atoms with Crippen molar-refractivity contribution < 1.29 is 23.4 Å². The number of para-hydroxylation sites is 1. The Morgan fingerprint density at radius 3 is 2.45 bits per heavy atom. The molecule has 1 aromatic heterocycles. The zero-order valence-corrected chi connectivity index (χ0v) is 28.4. The Kier molecular flexibility index (Phi) is 9.39. The normalized spacial score (nSPS) is 20.3. The molecule has 0 aliphatic carbocycles. The quantitative estimate of drug-likeness (QED) is 0.172. The predicted molar refractivity (Wildman–Crippen MR) is 187 cm³/mol. The minimum Gasteiger partial charge on any atom is -0.505 e. The van der Waals surface area contributed by atoms with Gasteiger partial charge in [-0.05, 0) is 74.2 Å². The predicted octanol–water partition coefficient (Wildman–Crippen LogP) is 1.23. The molecule has 0 bridgehead atoms. The number of sulfone groups is 1. The van der Waals surface area contributed by atoms with Crippen LogP contribution in [0.2, 0.25) is 5.02 Å². The van der Waals surface area contributed by atoms with Gasteiger partial charge in [0.05, 0.1) is 28.5 Å². The Balaban J connectivity index is 1.73. The highest BCUT2D eigenvalue weighted by molar-refractivity contribution is 7.94. The van der Waals surface area contributed by atoms with Crippen molar-refractivity contribution in [2.24, 2.45) is 0 Å². The van der Waals surface area contributed by atoms with Gasteiger partial charge in [0, 0.05) is 4.65 Å². The Bertz CT molecular complexity index is 1650. The largest absolute Gasteiger partial charge is 0.505 e. The molecule has 0 saturated carbocycles. The molecule has 5 N–H and O–H groups in total. The van der Waals surface area contributed by atoms with Gasteiger partial charge in [0.25, 0.3) is 0 Å². The average molecular weight is 637 g/mol. The van der Waals surface area contributed by atoms with Gasteiger partial charge in [0.15, 0.2) is 23.5 Å². The van der Waals surface area contributed by atoms with Crippen molar-refractivity contribution in [2.75, 3.05) is 10.6 Å². The number of piperidine rings is 1. The summed E-state index contributed by atoms with van der Waals surface area (Å²) in [4.78, 5) is 8.95. The number of benzene rings is 2. The summed E-state index contributed by atoms with van der Waals surface area (Å²) in [5.74, 6) is 0.629. The maximum Gasteiger partial charge on any atom is 0.229 e. The molecular formula is C28H40B4ClN5O5S. The fourth-order valence-electron chi connectivity index (χ4n) is 5.76. The molecule has 0 amide bonds. The van der Waals surface area contributed by atoms with E-state index < -0.39 is 20.1 Å². The molecule has 44 heavy (non-hydrogen) atoms. The highest BCUT2D eigenvalue weighted by Gasteiger charge is 2.40. The summed E-state index contributed by atoms with van der Waals surface area (Å²) in [7, 11) is 3.81. The summed E-state index contributed by atoms with van der Waals surface area (Å²) in [6, 6.07) is 8.47. The first-order chi connectivity index (χ1) is 20.2. The number of anilines is 4. The lowest BCUT2D eigenvalue weighted by molar-refractivity contribution is 0.0393. The first-order valence-corrected chi connectivity index (χ1v) is 16.5. The van der Waals surface area contributed by atoms with Crippen LogP contribution in [0.25, 0.3) is 0 Å². The van der Waals surface area contributed by atoms with E-state index in [1.54, 1.807) is 47.7 Å². The average Bonchev–Trinajstić information content (AvgIpc) is 2.87. The van der Waals surface area contributed by atoms with Crippen molar-refractivity contribution in [3.8, 4) is 11.5 Å². The second-order valence-corrected chi connectivity index (χ2v) is 16.7. The maximum atomic E-state index is 13.3. The zero-order chi connectivity index (χ0) is 32.8. The van der Waals surface area contributed by atoms with E-state index >= 15 is 0 Å². The molecule has 1 aliphatic rings. The van der Waals surface area contributed by atoms with E-state index in [2.05, 4.69) is 25.9 Å². The van der Waals surface area contributed by atoms with Crippen LogP contribution >= 0.6 is 11.6 Å². The van der Waals surface area contributed by atoms with E-state index in [-0.39, 0.29) is 50.5 Å². The highest BCUT2D eigenvalue weighted by Crippen LogP contribution is 2.46. The van der Waals surface area contributed by atoms with Gasteiger partial charge < -0.3 is 30.9 Å². The van der Waals surface area contributed by atoms with Crippen molar-refractivity contribution in [3.63, 3.8) is 0 Å². The number of rotatable bonds is 9. The summed E-state index contributed by atoms with van der Waals surface area (Å²) in [5.41, 5.74) is 1.06. The second-order valence-electron chi connectivity index (χ2n) is 13.6. The molecule has 1 aliphatic heterocycles. The molecule has 2 aromatic carbocycles. The number of hydrogen-bond donors (Lipinski definition) is 5. The van der Waals surface area contributed by atoms with Gasteiger partial charge in [-0.2, -0.15) is 4.98 Å². The molecule has 4 rings (SSSR count). The smallest absolute Gasteiger partial charge is 0.229 e. The third-order valence-electron chi connectivity index (χ3n) is 7.59. The number of aliphatic hydroxyl groups is 1. The minimum absolute atomic E-state index is 0.0243. The molecule has 2 heterocycles. The Morgan fingerprint density at radius 1 is 1.18 bits per heavy atom. The lowest BCUT2D eigenvalue weighted by Gasteiger charge is -2.46. The lowest BCUT2D eigenvalue weighted by atomic mass is 9.52. The summed E-state index contributed by atoms with van der Waals surface area (Å²) >= 11 is 6.45. The molecule has 16 heteroatoms. The van der Waals surface area contributed by atoms with Crippen LogP contribution in [-0.2, 0) is 9.84 Å². The summed E-state index contributed by atoms with van der Waals surface area (Å²) in [6.07, 6.45) is 2.40. The Morgan fingerprint density at radius 2 is 1.84 bits per heavy atom. The molecular weight excluding hydrogens is 597 g/mol. The van der Waals surface area contributed by atoms with E-state index in [0.717, 1.165) is 12.0 Å². The molecule has 1 saturated heterocycles. The number of phenols is 1. The Labute approximate surface area is 268 Å². The maximum absolute atomic E-state index is 13.3. The van der Waals surface area contributed by atoms with Crippen molar-refractivity contribution >= 4 is 76.0 Å². The number of hydrogen-bond acceptors (Lipinski definition) is 10. The number of aromatic hydroxyl groups is 1. The van der Waals surface area contributed by atoms with E-state index in [1.165, 1.54) is 12.3 Å². The minimum atomic E-state index is -3.69. The number of aromatic nitrogens is 2. The topological polar surface area (TPSA) is 146 Å². The van der Waals surface area contributed by atoms with Crippen LogP contribution in [-0.4, -0.2) is 81.7 Å². The molecule has 2 unspecified atom stereocenters. The fourth-order valence-corrected chi connectivity index (χ4v) is 7.23. The van der Waals surface area contributed by atoms with Gasteiger partial charge in [-0.3, -0.25) is 0 Å². The van der Waals surface area contributed by atoms with Crippen molar-refractivity contribution in [3.05, 3.63) is 52.7 Å². The third kappa shape index (κ3) is 7.33. The van der Waals surface area contributed by atoms with Crippen LogP contribution in [0.5, 0.6) is 11.5 Å². The van der Waals surface area contributed by atoms with Gasteiger partial charge in [-0.1, -0.05) is 37.6 Å². The molecule has 3 aromatic rings. The van der Waals surface area contributed by atoms with Crippen molar-refractivity contribution in [2.45, 2.75) is 80.0 Å². The molecule has 2 atom stereocenters. The molecule has 0 spiro atoms. The van der Waals surface area contributed by atoms with Gasteiger partial charge in [0.1, 0.15) is 45.7 Å². The van der Waals surface area contributed by atoms with E-state index in [4.69, 9.17) is 16.3 Å². The number of ether oxygens (including phenoxy) is 1. The summed E-state index contributed by atoms with van der Waals surface area (Å²) in [6.45, 7) is 8.90. The van der Waals surface area contributed by atoms with Crippen LogP contribution in [0.3, 0.4) is 0 Å². The van der Waals surface area contributed by atoms with Crippen LogP contribution in [0.1, 0.15) is 57.6 Å². The molecule has 10 nitrogen and oxygen atoms in total. The highest BCUT2D eigenvalue weighted by atomic mass is 35.5.